The molecule has 0 unspecified atom stereocenters. The molecule has 0 aromatic heterocycles. The fourth-order valence-corrected chi connectivity index (χ4v) is 3.17. The maximum Gasteiger partial charge on any atom is 0.330 e. The van der Waals surface area contributed by atoms with E-state index in [1.54, 1.807) is 0 Å². The van der Waals surface area contributed by atoms with Crippen molar-refractivity contribution in [1.29, 1.82) is 0 Å². The molecule has 40 heavy (non-hydrogen) atoms. The smallest absolute Gasteiger partial charge is 0.330 e. The summed E-state index contributed by atoms with van der Waals surface area (Å²) in [5.74, 6) is -2.73. The van der Waals surface area contributed by atoms with E-state index in [1.807, 2.05) is 12.2 Å². The standard InChI is InChI=1S/C32H46N2O6/c1-3-4-5-6-7-8-9-10-11-12-13-14-15-16-17-18-19-20-21-24-29(35)33-27-22-23-28(32(38)39)34-30(36)25-26-31(37)40-2/h4-5,7-8,10-11,13-14,16-17,19-20,25-26,28H,3,6,9,12,15,18,21-24,27H2,1-2H3,(H,33,35)(H,34,36)(H,38,39)/t28-/m0/s1. The van der Waals surface area contributed by atoms with Gasteiger partial charge in [0.25, 0.3) is 0 Å². The molecule has 0 saturated heterocycles. The zero-order valence-electron chi connectivity index (χ0n) is 23.9. The van der Waals surface area contributed by atoms with Gasteiger partial charge in [-0.25, -0.2) is 9.59 Å². The molecule has 1 atom stereocenters. The molecule has 0 aliphatic rings. The van der Waals surface area contributed by atoms with Gasteiger partial charge in [-0.15, -0.1) is 0 Å². The molecule has 0 radical (unpaired) electrons. The van der Waals surface area contributed by atoms with Crippen LogP contribution in [0, 0.1) is 0 Å². The van der Waals surface area contributed by atoms with Crippen LogP contribution in [0.5, 0.6) is 0 Å². The van der Waals surface area contributed by atoms with Crippen molar-refractivity contribution in [2.45, 2.75) is 77.2 Å². The highest BCUT2D eigenvalue weighted by molar-refractivity contribution is 5.96. The van der Waals surface area contributed by atoms with E-state index in [0.29, 0.717) is 25.8 Å². The predicted octanol–water partition coefficient (Wildman–Crippen LogP) is 5.66. The molecule has 220 valence electrons. The first-order chi connectivity index (χ1) is 19.4. The Bertz CT molecular complexity index is 941. The van der Waals surface area contributed by atoms with Gasteiger partial charge in [0, 0.05) is 25.1 Å². The average Bonchev–Trinajstić information content (AvgIpc) is 2.94. The van der Waals surface area contributed by atoms with E-state index in [9.17, 15) is 24.3 Å². The normalized spacial score (nSPS) is 13.1. The monoisotopic (exact) mass is 554 g/mol. The molecular weight excluding hydrogens is 508 g/mol. The number of carbonyl (C=O) groups is 4. The highest BCUT2D eigenvalue weighted by atomic mass is 16.5. The van der Waals surface area contributed by atoms with Crippen LogP contribution >= 0.6 is 0 Å². The van der Waals surface area contributed by atoms with E-state index in [4.69, 9.17) is 0 Å². The maximum absolute atomic E-state index is 11.9. The van der Waals surface area contributed by atoms with Gasteiger partial charge in [0.05, 0.1) is 7.11 Å². The lowest BCUT2D eigenvalue weighted by atomic mass is 10.1. The van der Waals surface area contributed by atoms with E-state index in [-0.39, 0.29) is 12.3 Å². The quantitative estimate of drug-likeness (QED) is 0.0687. The third-order valence-corrected chi connectivity index (χ3v) is 5.31. The van der Waals surface area contributed by atoms with Gasteiger partial charge in [-0.1, -0.05) is 79.8 Å². The molecule has 0 aliphatic carbocycles. The Morgan fingerprint density at radius 2 is 1.25 bits per heavy atom. The summed E-state index contributed by atoms with van der Waals surface area (Å²) in [5.41, 5.74) is 0. The van der Waals surface area contributed by atoms with Crippen LogP contribution in [0.4, 0.5) is 0 Å². The van der Waals surface area contributed by atoms with E-state index in [2.05, 4.69) is 83.1 Å². The van der Waals surface area contributed by atoms with Crippen LogP contribution < -0.4 is 10.6 Å². The van der Waals surface area contributed by atoms with Crippen molar-refractivity contribution in [3.63, 3.8) is 0 Å². The molecule has 2 amide bonds. The minimum atomic E-state index is -1.19. The van der Waals surface area contributed by atoms with Gasteiger partial charge in [0.2, 0.25) is 11.8 Å². The van der Waals surface area contributed by atoms with Crippen LogP contribution in [-0.2, 0) is 23.9 Å². The van der Waals surface area contributed by atoms with Gasteiger partial charge in [0.15, 0.2) is 0 Å². The summed E-state index contributed by atoms with van der Waals surface area (Å²) in [6.07, 6.45) is 34.6. The van der Waals surface area contributed by atoms with Crippen LogP contribution in [0.15, 0.2) is 85.1 Å². The summed E-state index contributed by atoms with van der Waals surface area (Å²) in [6.45, 7) is 2.44. The predicted molar refractivity (Wildman–Crippen MR) is 160 cm³/mol. The van der Waals surface area contributed by atoms with Crippen molar-refractivity contribution in [3.05, 3.63) is 85.1 Å². The highest BCUT2D eigenvalue weighted by Crippen LogP contribution is 2.00. The number of esters is 1. The van der Waals surface area contributed by atoms with E-state index < -0.39 is 23.9 Å². The number of rotatable bonds is 22. The Balaban J connectivity index is 3.89. The Morgan fingerprint density at radius 3 is 1.73 bits per heavy atom. The molecule has 0 fully saturated rings. The van der Waals surface area contributed by atoms with Crippen LogP contribution in [0.2, 0.25) is 0 Å². The number of carboxylic acid groups (broad SMARTS) is 1. The fraction of sp³-hybridized carbons (Fsp3) is 0.438. The third-order valence-electron chi connectivity index (χ3n) is 5.31. The summed E-state index contributed by atoms with van der Waals surface area (Å²) in [4.78, 5) is 46.0. The van der Waals surface area contributed by atoms with Crippen molar-refractivity contribution >= 4 is 23.8 Å². The van der Waals surface area contributed by atoms with Gasteiger partial charge in [-0.05, 0) is 57.8 Å². The summed E-state index contributed by atoms with van der Waals surface area (Å²) in [6, 6.07) is -1.12. The van der Waals surface area contributed by atoms with Gasteiger partial charge in [-0.3, -0.25) is 9.59 Å². The number of carbonyl (C=O) groups excluding carboxylic acids is 3. The third kappa shape index (κ3) is 24.4. The molecule has 0 aliphatic heterocycles. The van der Waals surface area contributed by atoms with E-state index in [0.717, 1.165) is 50.7 Å². The topological polar surface area (TPSA) is 122 Å². The Hall–Kier alpha value is -3.94. The number of ether oxygens (including phenoxy) is 1. The first-order valence-electron chi connectivity index (χ1n) is 13.9. The van der Waals surface area contributed by atoms with Gasteiger partial charge < -0.3 is 20.5 Å². The first-order valence-corrected chi connectivity index (χ1v) is 13.9. The Morgan fingerprint density at radius 1 is 0.750 bits per heavy atom. The lowest BCUT2D eigenvalue weighted by Gasteiger charge is -2.13. The second kappa shape index (κ2) is 26.7. The van der Waals surface area contributed by atoms with Crippen LogP contribution in [0.3, 0.4) is 0 Å². The molecule has 0 saturated carbocycles. The molecule has 0 spiro atoms. The summed E-state index contributed by atoms with van der Waals surface area (Å²) in [5, 5.41) is 14.3. The number of nitrogens with one attached hydrogen (secondary N) is 2. The van der Waals surface area contributed by atoms with Gasteiger partial charge >= 0.3 is 11.9 Å². The minimum absolute atomic E-state index is 0.114. The molecule has 0 bridgehead atoms. The summed E-state index contributed by atoms with van der Waals surface area (Å²) < 4.78 is 4.37. The zero-order valence-corrected chi connectivity index (χ0v) is 23.9. The van der Waals surface area contributed by atoms with Crippen molar-refractivity contribution < 1.29 is 29.0 Å². The van der Waals surface area contributed by atoms with Gasteiger partial charge in [0.1, 0.15) is 6.04 Å². The molecule has 3 N–H and O–H groups in total. The number of methoxy groups -OCH3 is 1. The van der Waals surface area contributed by atoms with Crippen LogP contribution in [0.1, 0.15) is 71.1 Å². The largest absolute Gasteiger partial charge is 0.480 e. The van der Waals surface area contributed by atoms with E-state index >= 15 is 0 Å². The van der Waals surface area contributed by atoms with Crippen molar-refractivity contribution in [3.8, 4) is 0 Å². The highest BCUT2D eigenvalue weighted by Gasteiger charge is 2.18. The Labute approximate surface area is 239 Å². The molecule has 0 aromatic rings. The van der Waals surface area contributed by atoms with Crippen LogP contribution in [-0.4, -0.2) is 48.6 Å². The first kappa shape index (κ1) is 36.1. The summed E-state index contributed by atoms with van der Waals surface area (Å²) >= 11 is 0. The lowest BCUT2D eigenvalue weighted by molar-refractivity contribution is -0.141. The molecule has 0 heterocycles. The van der Waals surface area contributed by atoms with Crippen LogP contribution in [0.25, 0.3) is 0 Å². The average molecular weight is 555 g/mol. The maximum atomic E-state index is 11.9. The number of aliphatic carboxylic acids is 1. The molecule has 0 rings (SSSR count). The molecule has 8 nitrogen and oxygen atoms in total. The number of hydrogen-bond acceptors (Lipinski definition) is 5. The van der Waals surface area contributed by atoms with E-state index in [1.165, 1.54) is 7.11 Å². The second-order valence-corrected chi connectivity index (χ2v) is 8.70. The number of allylic oxidation sites excluding steroid dienone is 12. The zero-order chi connectivity index (χ0) is 29.7. The number of amides is 2. The number of hydrogen-bond donors (Lipinski definition) is 3. The van der Waals surface area contributed by atoms with Gasteiger partial charge in [-0.2, -0.15) is 0 Å². The summed E-state index contributed by atoms with van der Waals surface area (Å²) in [7, 11) is 1.17. The Kier molecular flexibility index (Phi) is 24.0. The minimum Gasteiger partial charge on any atom is -0.480 e. The SMILES string of the molecule is CCC=CCC=CCC=CCC=CCC=CCC=CCCC(=O)NCCC[C@H](NC(=O)C=CC(=O)OC)C(=O)O. The van der Waals surface area contributed by atoms with Crippen molar-refractivity contribution in [1.82, 2.24) is 10.6 Å². The second-order valence-electron chi connectivity index (χ2n) is 8.70. The fourth-order valence-electron chi connectivity index (χ4n) is 3.17. The molecule has 8 heteroatoms. The molecular formula is C32H46N2O6. The van der Waals surface area contributed by atoms with Crippen molar-refractivity contribution in [2.75, 3.05) is 13.7 Å². The number of carboxylic acids is 1. The van der Waals surface area contributed by atoms with Crippen molar-refractivity contribution in [2.24, 2.45) is 0 Å². The lowest BCUT2D eigenvalue weighted by Crippen LogP contribution is -2.40. The molecule has 0 aromatic carbocycles.